The summed E-state index contributed by atoms with van der Waals surface area (Å²) in [6.45, 7) is 3.93. The van der Waals surface area contributed by atoms with Crippen molar-refractivity contribution in [3.8, 4) is 0 Å². The summed E-state index contributed by atoms with van der Waals surface area (Å²) in [4.78, 5) is 8.70. The van der Waals surface area contributed by atoms with Gasteiger partial charge in [-0.25, -0.2) is 0 Å². The number of hydrogen-bond donors (Lipinski definition) is 0. The highest BCUT2D eigenvalue weighted by atomic mass is 16.5. The lowest BCUT2D eigenvalue weighted by atomic mass is 10.1. The molecule has 0 amide bonds. The van der Waals surface area contributed by atoms with Gasteiger partial charge in [-0.3, -0.25) is 4.90 Å². The minimum absolute atomic E-state index is 0.101. The zero-order valence-electron chi connectivity index (χ0n) is 14.3. The number of aromatic nitrogens is 6. The molecule has 1 saturated heterocycles. The monoisotopic (exact) mass is 340 g/mol. The minimum Gasteiger partial charge on any atom is -0.352 e. The van der Waals surface area contributed by atoms with Crippen LogP contribution in [-0.4, -0.2) is 61.0 Å². The van der Waals surface area contributed by atoms with E-state index in [0.29, 0.717) is 17.9 Å². The van der Waals surface area contributed by atoms with Crippen LogP contribution in [0.25, 0.3) is 5.65 Å². The first-order valence-corrected chi connectivity index (χ1v) is 8.66. The van der Waals surface area contributed by atoms with Crippen molar-refractivity contribution >= 4 is 11.5 Å². The first-order chi connectivity index (χ1) is 12.2. The van der Waals surface area contributed by atoms with Crippen LogP contribution >= 0.6 is 0 Å². The van der Waals surface area contributed by atoms with E-state index in [0.717, 1.165) is 30.4 Å². The average molecular weight is 340 g/mol. The third kappa shape index (κ3) is 2.46. The molecule has 0 N–H and O–H groups in total. The van der Waals surface area contributed by atoms with Gasteiger partial charge in [-0.05, 0) is 38.9 Å². The van der Waals surface area contributed by atoms with Crippen molar-refractivity contribution in [1.29, 1.82) is 0 Å². The molecule has 0 spiro atoms. The van der Waals surface area contributed by atoms with E-state index in [-0.39, 0.29) is 6.04 Å². The van der Waals surface area contributed by atoms with Gasteiger partial charge in [0.05, 0.1) is 6.04 Å². The quantitative estimate of drug-likeness (QED) is 0.686. The molecule has 25 heavy (non-hydrogen) atoms. The Kier molecular flexibility index (Phi) is 3.24. The van der Waals surface area contributed by atoms with Crippen molar-refractivity contribution in [2.75, 3.05) is 25.0 Å². The third-order valence-electron chi connectivity index (χ3n) is 5.32. The standard InChI is InChI=1S/C16H20N8O/c1-10(16-17-9-18-25-16)22(2)12-7-23(8-12)14-6-5-13-19-20-15(11-3-4-11)24(13)21-14/h5-6,9-12H,3-4,7-8H2,1-2H3. The highest BCUT2D eigenvalue weighted by Gasteiger charge is 2.35. The Balaban J connectivity index is 1.30. The van der Waals surface area contributed by atoms with Crippen molar-refractivity contribution < 1.29 is 4.52 Å². The zero-order valence-corrected chi connectivity index (χ0v) is 14.3. The number of likely N-dealkylation sites (N-methyl/N-ethyl adjacent to an activating group) is 1. The number of hydrogen-bond acceptors (Lipinski definition) is 8. The van der Waals surface area contributed by atoms with Gasteiger partial charge in [0.1, 0.15) is 5.82 Å². The molecule has 1 saturated carbocycles. The van der Waals surface area contributed by atoms with Gasteiger partial charge in [0.15, 0.2) is 17.8 Å². The maximum atomic E-state index is 5.18. The fourth-order valence-corrected chi connectivity index (χ4v) is 3.32. The largest absolute Gasteiger partial charge is 0.352 e. The maximum absolute atomic E-state index is 5.18. The first kappa shape index (κ1) is 14.8. The van der Waals surface area contributed by atoms with E-state index in [9.17, 15) is 0 Å². The first-order valence-electron chi connectivity index (χ1n) is 8.66. The van der Waals surface area contributed by atoms with E-state index in [1.807, 2.05) is 16.6 Å². The fraction of sp³-hybridized carbons (Fsp3) is 0.562. The van der Waals surface area contributed by atoms with Crippen LogP contribution in [0.4, 0.5) is 5.82 Å². The Morgan fingerprint density at radius 2 is 2.08 bits per heavy atom. The van der Waals surface area contributed by atoms with E-state index in [1.165, 1.54) is 19.2 Å². The summed E-state index contributed by atoms with van der Waals surface area (Å²) in [6, 6.07) is 4.56. The Hall–Kier alpha value is -2.55. The lowest BCUT2D eigenvalue weighted by Gasteiger charge is -2.45. The van der Waals surface area contributed by atoms with Crippen LogP contribution in [0.1, 0.15) is 43.4 Å². The second-order valence-electron chi connectivity index (χ2n) is 6.97. The number of nitrogens with zero attached hydrogens (tertiary/aromatic N) is 8. The summed E-state index contributed by atoms with van der Waals surface area (Å²) >= 11 is 0. The van der Waals surface area contributed by atoms with Gasteiger partial charge in [0, 0.05) is 25.0 Å². The Labute approximate surface area is 144 Å². The van der Waals surface area contributed by atoms with Gasteiger partial charge >= 0.3 is 0 Å². The van der Waals surface area contributed by atoms with Crippen LogP contribution < -0.4 is 4.90 Å². The van der Waals surface area contributed by atoms with Crippen LogP contribution in [0, 0.1) is 0 Å². The van der Waals surface area contributed by atoms with Gasteiger partial charge in [0.2, 0.25) is 5.89 Å². The lowest BCUT2D eigenvalue weighted by Crippen LogP contribution is -2.59. The van der Waals surface area contributed by atoms with Gasteiger partial charge in [-0.2, -0.15) is 9.50 Å². The van der Waals surface area contributed by atoms with Gasteiger partial charge < -0.3 is 9.42 Å². The highest BCUT2D eigenvalue weighted by molar-refractivity contribution is 5.48. The van der Waals surface area contributed by atoms with E-state index >= 15 is 0 Å². The molecular formula is C16H20N8O. The molecule has 3 aromatic heterocycles. The second-order valence-corrected chi connectivity index (χ2v) is 6.97. The maximum Gasteiger partial charge on any atom is 0.243 e. The van der Waals surface area contributed by atoms with Crippen molar-refractivity contribution in [3.63, 3.8) is 0 Å². The molecular weight excluding hydrogens is 320 g/mol. The Morgan fingerprint density at radius 1 is 1.24 bits per heavy atom. The molecule has 1 aliphatic carbocycles. The second kappa shape index (κ2) is 5.48. The molecule has 1 aliphatic heterocycles. The van der Waals surface area contributed by atoms with Crippen LogP contribution in [0.15, 0.2) is 23.0 Å². The summed E-state index contributed by atoms with van der Waals surface area (Å²) in [5, 5.41) is 17.0. The molecule has 0 aromatic carbocycles. The molecule has 5 rings (SSSR count). The summed E-state index contributed by atoms with van der Waals surface area (Å²) in [7, 11) is 2.10. The smallest absolute Gasteiger partial charge is 0.243 e. The lowest BCUT2D eigenvalue weighted by molar-refractivity contribution is 0.131. The van der Waals surface area contributed by atoms with E-state index in [2.05, 4.69) is 44.1 Å². The van der Waals surface area contributed by atoms with E-state index in [4.69, 9.17) is 9.62 Å². The van der Waals surface area contributed by atoms with Crippen molar-refractivity contribution in [1.82, 2.24) is 34.9 Å². The fourth-order valence-electron chi connectivity index (χ4n) is 3.32. The molecule has 4 heterocycles. The predicted molar refractivity (Wildman–Crippen MR) is 89.2 cm³/mol. The average Bonchev–Trinajstić information content (AvgIpc) is 3.11. The molecule has 9 heteroatoms. The molecule has 0 bridgehead atoms. The molecule has 3 aromatic rings. The summed E-state index contributed by atoms with van der Waals surface area (Å²) < 4.78 is 7.09. The third-order valence-corrected chi connectivity index (χ3v) is 5.32. The topological polar surface area (TPSA) is 88.5 Å². The van der Waals surface area contributed by atoms with Gasteiger partial charge in [-0.1, -0.05) is 5.16 Å². The van der Waals surface area contributed by atoms with Crippen LogP contribution in [-0.2, 0) is 0 Å². The van der Waals surface area contributed by atoms with Crippen LogP contribution in [0.2, 0.25) is 0 Å². The van der Waals surface area contributed by atoms with Crippen LogP contribution in [0.5, 0.6) is 0 Å². The van der Waals surface area contributed by atoms with E-state index in [1.54, 1.807) is 0 Å². The summed E-state index contributed by atoms with van der Waals surface area (Å²) in [5.41, 5.74) is 0.824. The molecule has 2 aliphatic rings. The molecule has 1 unspecified atom stereocenters. The van der Waals surface area contributed by atoms with Gasteiger partial charge in [-0.15, -0.1) is 15.3 Å². The van der Waals surface area contributed by atoms with Crippen LogP contribution in [0.3, 0.4) is 0 Å². The molecule has 1 atom stereocenters. The number of fused-ring (bicyclic) bond motifs is 1. The zero-order chi connectivity index (χ0) is 17.0. The molecule has 9 nitrogen and oxygen atoms in total. The van der Waals surface area contributed by atoms with Gasteiger partial charge in [0.25, 0.3) is 0 Å². The normalized spacial score (nSPS) is 19.6. The van der Waals surface area contributed by atoms with Crippen molar-refractivity contribution in [2.45, 2.75) is 37.8 Å². The van der Waals surface area contributed by atoms with E-state index < -0.39 is 0 Å². The summed E-state index contributed by atoms with van der Waals surface area (Å²) in [5.74, 6) is 3.16. The predicted octanol–water partition coefficient (Wildman–Crippen LogP) is 1.27. The molecule has 2 fully saturated rings. The minimum atomic E-state index is 0.101. The number of rotatable bonds is 5. The summed E-state index contributed by atoms with van der Waals surface area (Å²) in [6.07, 6.45) is 3.83. The molecule has 0 radical (unpaired) electrons. The molecule has 130 valence electrons. The Morgan fingerprint density at radius 3 is 2.80 bits per heavy atom. The van der Waals surface area contributed by atoms with Crippen molar-refractivity contribution in [2.24, 2.45) is 0 Å². The highest BCUT2D eigenvalue weighted by Crippen LogP contribution is 2.39. The Bertz CT molecular complexity index is 881. The number of anilines is 1. The SMILES string of the molecule is CC(c1ncno1)N(C)C1CN(c2ccc3nnc(C4CC4)n3n2)C1. The van der Waals surface area contributed by atoms with Crippen molar-refractivity contribution in [3.05, 3.63) is 30.2 Å².